The van der Waals surface area contributed by atoms with E-state index in [-0.39, 0.29) is 0 Å². The predicted octanol–water partition coefficient (Wildman–Crippen LogP) is 3.39. The standard InChI is InChI=1S/C12H24O/c1-4-7-9-12(10-13)11(6-3)8-5-2/h5,8,11-13H,4,6-7,9-10H2,1-3H3/b8-5+/t11-,12+/m0/s1. The Morgan fingerprint density at radius 1 is 1.31 bits per heavy atom. The smallest absolute Gasteiger partial charge is 0.0464 e. The maximum Gasteiger partial charge on any atom is 0.0464 e. The van der Waals surface area contributed by atoms with Crippen molar-refractivity contribution in [3.63, 3.8) is 0 Å². The van der Waals surface area contributed by atoms with Crippen LogP contribution in [0.25, 0.3) is 0 Å². The van der Waals surface area contributed by atoms with Crippen molar-refractivity contribution in [3.8, 4) is 0 Å². The third kappa shape index (κ3) is 5.09. The van der Waals surface area contributed by atoms with Crippen LogP contribution in [0.4, 0.5) is 0 Å². The van der Waals surface area contributed by atoms with Crippen LogP contribution >= 0.6 is 0 Å². The molecule has 0 aliphatic carbocycles. The average molecular weight is 184 g/mol. The van der Waals surface area contributed by atoms with Crippen molar-refractivity contribution in [2.45, 2.75) is 46.5 Å². The summed E-state index contributed by atoms with van der Waals surface area (Å²) in [6.07, 6.45) is 9.09. The van der Waals surface area contributed by atoms with Crippen molar-refractivity contribution in [1.29, 1.82) is 0 Å². The van der Waals surface area contributed by atoms with Crippen LogP contribution in [0.2, 0.25) is 0 Å². The van der Waals surface area contributed by atoms with Gasteiger partial charge in [0.05, 0.1) is 0 Å². The van der Waals surface area contributed by atoms with E-state index in [4.69, 9.17) is 0 Å². The number of allylic oxidation sites excluding steroid dienone is 2. The maximum atomic E-state index is 9.25. The molecule has 0 aromatic rings. The first kappa shape index (κ1) is 12.7. The molecular formula is C12H24O. The van der Waals surface area contributed by atoms with Gasteiger partial charge in [-0.15, -0.1) is 0 Å². The summed E-state index contributed by atoms with van der Waals surface area (Å²) in [5, 5.41) is 9.25. The van der Waals surface area contributed by atoms with E-state index in [0.29, 0.717) is 18.4 Å². The number of hydrogen-bond acceptors (Lipinski definition) is 1. The van der Waals surface area contributed by atoms with E-state index in [1.807, 2.05) is 0 Å². The van der Waals surface area contributed by atoms with Gasteiger partial charge < -0.3 is 5.11 Å². The first-order valence-corrected chi connectivity index (χ1v) is 5.53. The summed E-state index contributed by atoms with van der Waals surface area (Å²) in [4.78, 5) is 0. The lowest BCUT2D eigenvalue weighted by molar-refractivity contribution is 0.180. The van der Waals surface area contributed by atoms with Gasteiger partial charge in [0, 0.05) is 6.61 Å². The van der Waals surface area contributed by atoms with Crippen molar-refractivity contribution < 1.29 is 5.11 Å². The van der Waals surface area contributed by atoms with E-state index in [0.717, 1.165) is 12.8 Å². The van der Waals surface area contributed by atoms with Crippen LogP contribution in [0.1, 0.15) is 46.5 Å². The first-order valence-electron chi connectivity index (χ1n) is 5.53. The van der Waals surface area contributed by atoms with Gasteiger partial charge in [-0.2, -0.15) is 0 Å². The molecule has 2 atom stereocenters. The second kappa shape index (κ2) is 8.31. The third-order valence-electron chi connectivity index (χ3n) is 2.68. The van der Waals surface area contributed by atoms with E-state index < -0.39 is 0 Å². The number of rotatable bonds is 7. The summed E-state index contributed by atoms with van der Waals surface area (Å²) in [5.41, 5.74) is 0. The Hall–Kier alpha value is -0.300. The molecule has 0 bridgehead atoms. The molecule has 0 radical (unpaired) electrons. The van der Waals surface area contributed by atoms with Crippen molar-refractivity contribution in [2.75, 3.05) is 6.61 Å². The normalized spacial score (nSPS) is 16.3. The molecule has 78 valence electrons. The molecule has 0 unspecified atom stereocenters. The molecule has 0 rings (SSSR count). The minimum absolute atomic E-state index is 0.336. The topological polar surface area (TPSA) is 20.2 Å². The molecular weight excluding hydrogens is 160 g/mol. The van der Waals surface area contributed by atoms with Crippen LogP contribution in [0.3, 0.4) is 0 Å². The van der Waals surface area contributed by atoms with Crippen LogP contribution < -0.4 is 0 Å². The second-order valence-corrected chi connectivity index (χ2v) is 3.68. The number of unbranched alkanes of at least 4 members (excludes halogenated alkanes) is 1. The molecule has 0 heterocycles. The van der Waals surface area contributed by atoms with Crippen LogP contribution in [-0.4, -0.2) is 11.7 Å². The molecule has 0 aromatic heterocycles. The summed E-state index contributed by atoms with van der Waals surface area (Å²) in [6.45, 7) is 6.78. The molecule has 0 aliphatic heterocycles. The lowest BCUT2D eigenvalue weighted by Crippen LogP contribution is -2.16. The van der Waals surface area contributed by atoms with Gasteiger partial charge in [0.2, 0.25) is 0 Å². The molecule has 13 heavy (non-hydrogen) atoms. The largest absolute Gasteiger partial charge is 0.396 e. The van der Waals surface area contributed by atoms with Gasteiger partial charge in [-0.3, -0.25) is 0 Å². The molecule has 0 spiro atoms. The van der Waals surface area contributed by atoms with E-state index in [2.05, 4.69) is 32.9 Å². The lowest BCUT2D eigenvalue weighted by atomic mass is 9.86. The molecule has 0 aromatic carbocycles. The zero-order chi connectivity index (χ0) is 10.1. The van der Waals surface area contributed by atoms with E-state index >= 15 is 0 Å². The summed E-state index contributed by atoms with van der Waals surface area (Å²) in [5.74, 6) is 1.04. The molecule has 0 saturated heterocycles. The highest BCUT2D eigenvalue weighted by Gasteiger charge is 2.15. The lowest BCUT2D eigenvalue weighted by Gasteiger charge is -2.21. The molecule has 1 heteroatoms. The average Bonchev–Trinajstić information content (AvgIpc) is 2.17. The highest BCUT2D eigenvalue weighted by Crippen LogP contribution is 2.22. The van der Waals surface area contributed by atoms with Crippen molar-refractivity contribution in [3.05, 3.63) is 12.2 Å². The first-order chi connectivity index (χ1) is 6.29. The molecule has 0 amide bonds. The van der Waals surface area contributed by atoms with Gasteiger partial charge >= 0.3 is 0 Å². The summed E-state index contributed by atoms with van der Waals surface area (Å²) >= 11 is 0. The van der Waals surface area contributed by atoms with Gasteiger partial charge in [0.15, 0.2) is 0 Å². The Morgan fingerprint density at radius 3 is 2.38 bits per heavy atom. The zero-order valence-corrected chi connectivity index (χ0v) is 9.29. The van der Waals surface area contributed by atoms with Gasteiger partial charge in [-0.1, -0.05) is 38.8 Å². The van der Waals surface area contributed by atoms with Gasteiger partial charge in [0.25, 0.3) is 0 Å². The zero-order valence-electron chi connectivity index (χ0n) is 9.29. The fourth-order valence-electron chi connectivity index (χ4n) is 1.78. The maximum absolute atomic E-state index is 9.25. The SMILES string of the molecule is C/C=C/[C@H](CC)[C@@H](CO)CCCC. The van der Waals surface area contributed by atoms with Crippen LogP contribution in [0, 0.1) is 11.8 Å². The minimum atomic E-state index is 0.336. The predicted molar refractivity (Wildman–Crippen MR) is 58.7 cm³/mol. The Morgan fingerprint density at radius 2 is 2.00 bits per heavy atom. The number of hydrogen-bond donors (Lipinski definition) is 1. The fourth-order valence-corrected chi connectivity index (χ4v) is 1.78. The van der Waals surface area contributed by atoms with Crippen LogP contribution in [0.15, 0.2) is 12.2 Å². The minimum Gasteiger partial charge on any atom is -0.396 e. The fraction of sp³-hybridized carbons (Fsp3) is 0.833. The van der Waals surface area contributed by atoms with Crippen molar-refractivity contribution in [1.82, 2.24) is 0 Å². The Balaban J connectivity index is 4.00. The van der Waals surface area contributed by atoms with E-state index in [9.17, 15) is 5.11 Å². The van der Waals surface area contributed by atoms with Crippen molar-refractivity contribution >= 4 is 0 Å². The number of aliphatic hydroxyl groups is 1. The summed E-state index contributed by atoms with van der Waals surface area (Å²) in [7, 11) is 0. The Bertz CT molecular complexity index is 129. The highest BCUT2D eigenvalue weighted by molar-refractivity contribution is 4.88. The Labute approximate surface area is 82.9 Å². The highest BCUT2D eigenvalue weighted by atomic mass is 16.3. The molecule has 1 nitrogen and oxygen atoms in total. The van der Waals surface area contributed by atoms with Crippen LogP contribution in [-0.2, 0) is 0 Å². The molecule has 0 aliphatic rings. The van der Waals surface area contributed by atoms with Gasteiger partial charge in [-0.05, 0) is 31.6 Å². The molecule has 0 fully saturated rings. The van der Waals surface area contributed by atoms with E-state index in [1.54, 1.807) is 0 Å². The molecule has 1 N–H and O–H groups in total. The Kier molecular flexibility index (Phi) is 8.11. The quantitative estimate of drug-likeness (QED) is 0.601. The monoisotopic (exact) mass is 184 g/mol. The van der Waals surface area contributed by atoms with Crippen molar-refractivity contribution in [2.24, 2.45) is 11.8 Å². The summed E-state index contributed by atoms with van der Waals surface area (Å²) in [6, 6.07) is 0. The van der Waals surface area contributed by atoms with Crippen LogP contribution in [0.5, 0.6) is 0 Å². The third-order valence-corrected chi connectivity index (χ3v) is 2.68. The second-order valence-electron chi connectivity index (χ2n) is 3.68. The molecule has 0 saturated carbocycles. The van der Waals surface area contributed by atoms with E-state index in [1.165, 1.54) is 12.8 Å². The number of aliphatic hydroxyl groups excluding tert-OH is 1. The summed E-state index contributed by atoms with van der Waals surface area (Å²) < 4.78 is 0. The van der Waals surface area contributed by atoms with Gasteiger partial charge in [0.1, 0.15) is 0 Å². The van der Waals surface area contributed by atoms with Gasteiger partial charge in [-0.25, -0.2) is 0 Å².